The molecule has 6 heteroatoms. The number of ketones is 1. The molecule has 0 radical (unpaired) electrons. The predicted octanol–water partition coefficient (Wildman–Crippen LogP) is 2.73. The van der Waals surface area contributed by atoms with E-state index in [-0.39, 0.29) is 34.8 Å². The largest absolute Gasteiger partial charge is 0.507 e. The van der Waals surface area contributed by atoms with Crippen LogP contribution >= 0.6 is 0 Å². The van der Waals surface area contributed by atoms with Crippen LogP contribution in [0, 0.1) is 0 Å². The second kappa shape index (κ2) is 5.81. The van der Waals surface area contributed by atoms with Gasteiger partial charge in [-0.05, 0) is 36.8 Å². The zero-order valence-electron chi connectivity index (χ0n) is 12.8. The van der Waals surface area contributed by atoms with Gasteiger partial charge in [0.1, 0.15) is 11.5 Å². The molecule has 0 spiro atoms. The molecule has 1 aliphatic rings. The zero-order chi connectivity index (χ0) is 17.4. The fourth-order valence-electron chi connectivity index (χ4n) is 2.87. The van der Waals surface area contributed by atoms with Crippen LogP contribution in [0.5, 0.6) is 11.5 Å². The molecular formula is C18H14O6. The first-order valence-corrected chi connectivity index (χ1v) is 7.29. The molecule has 1 unspecified atom stereocenters. The number of carboxylic acid groups (broad SMARTS) is 1. The number of aromatic carboxylic acids is 1. The van der Waals surface area contributed by atoms with E-state index in [0.29, 0.717) is 11.1 Å². The number of hydrogen-bond acceptors (Lipinski definition) is 5. The summed E-state index contributed by atoms with van der Waals surface area (Å²) in [6.45, 7) is 1.34. The SMILES string of the molecule is CC(=O)c1ccc2c(c1O)C(c1ccc(C(=O)O)cc1)CC(=O)O2. The summed E-state index contributed by atoms with van der Waals surface area (Å²) in [7, 11) is 0. The van der Waals surface area contributed by atoms with Crippen LogP contribution in [0.3, 0.4) is 0 Å². The molecule has 2 aromatic rings. The van der Waals surface area contributed by atoms with E-state index in [2.05, 4.69) is 0 Å². The van der Waals surface area contributed by atoms with Gasteiger partial charge in [0.2, 0.25) is 0 Å². The van der Waals surface area contributed by atoms with Gasteiger partial charge < -0.3 is 14.9 Å². The molecule has 1 aliphatic heterocycles. The highest BCUT2D eigenvalue weighted by atomic mass is 16.5. The van der Waals surface area contributed by atoms with Gasteiger partial charge in [0.15, 0.2) is 5.78 Å². The molecule has 2 aromatic carbocycles. The average Bonchev–Trinajstić information content (AvgIpc) is 2.54. The normalized spacial score (nSPS) is 16.2. The lowest BCUT2D eigenvalue weighted by Gasteiger charge is -2.26. The topological polar surface area (TPSA) is 101 Å². The van der Waals surface area contributed by atoms with Crippen molar-refractivity contribution in [2.24, 2.45) is 0 Å². The molecule has 6 nitrogen and oxygen atoms in total. The van der Waals surface area contributed by atoms with Gasteiger partial charge in [0, 0.05) is 11.5 Å². The highest BCUT2D eigenvalue weighted by Crippen LogP contribution is 2.45. The number of Topliss-reactive ketones (excluding diaryl/α,β-unsaturated/α-hetero) is 1. The molecule has 1 heterocycles. The first kappa shape index (κ1) is 15.7. The number of phenols is 1. The monoisotopic (exact) mass is 326 g/mol. The number of phenolic OH excluding ortho intramolecular Hbond substituents is 1. The van der Waals surface area contributed by atoms with Crippen molar-refractivity contribution in [2.75, 3.05) is 0 Å². The first-order valence-electron chi connectivity index (χ1n) is 7.29. The Morgan fingerprint density at radius 2 is 1.79 bits per heavy atom. The molecule has 24 heavy (non-hydrogen) atoms. The van der Waals surface area contributed by atoms with Crippen molar-refractivity contribution >= 4 is 17.7 Å². The first-order chi connectivity index (χ1) is 11.4. The summed E-state index contributed by atoms with van der Waals surface area (Å²) in [5.74, 6) is -2.31. The minimum absolute atomic E-state index is 0.00562. The summed E-state index contributed by atoms with van der Waals surface area (Å²) in [6, 6.07) is 8.96. The van der Waals surface area contributed by atoms with Crippen molar-refractivity contribution in [3.63, 3.8) is 0 Å². The van der Waals surface area contributed by atoms with Crippen LogP contribution in [-0.2, 0) is 4.79 Å². The Bertz CT molecular complexity index is 851. The lowest BCUT2D eigenvalue weighted by atomic mass is 9.84. The molecule has 0 saturated heterocycles. The number of carbonyl (C=O) groups is 3. The summed E-state index contributed by atoms with van der Waals surface area (Å²) in [6.07, 6.45) is -0.00562. The quantitative estimate of drug-likeness (QED) is 0.511. The third-order valence-electron chi connectivity index (χ3n) is 4.06. The molecule has 122 valence electrons. The number of benzene rings is 2. The molecule has 0 amide bonds. The van der Waals surface area contributed by atoms with Gasteiger partial charge in [0.25, 0.3) is 0 Å². The summed E-state index contributed by atoms with van der Waals surface area (Å²) >= 11 is 0. The van der Waals surface area contributed by atoms with Crippen molar-refractivity contribution in [1.29, 1.82) is 0 Å². The molecule has 0 aromatic heterocycles. The van der Waals surface area contributed by atoms with E-state index in [1.165, 1.54) is 31.2 Å². The van der Waals surface area contributed by atoms with Crippen LogP contribution < -0.4 is 4.74 Å². The molecule has 0 aliphatic carbocycles. The Labute approximate surface area is 137 Å². The molecule has 0 bridgehead atoms. The van der Waals surface area contributed by atoms with E-state index in [1.807, 2.05) is 0 Å². The number of hydrogen-bond donors (Lipinski definition) is 2. The Kier molecular flexibility index (Phi) is 3.81. The number of aromatic hydroxyl groups is 1. The molecule has 2 N–H and O–H groups in total. The molecule has 1 atom stereocenters. The van der Waals surface area contributed by atoms with Gasteiger partial charge in [-0.3, -0.25) is 9.59 Å². The second-order valence-corrected chi connectivity index (χ2v) is 5.59. The lowest BCUT2D eigenvalue weighted by Crippen LogP contribution is -2.21. The van der Waals surface area contributed by atoms with E-state index < -0.39 is 17.9 Å². The third-order valence-corrected chi connectivity index (χ3v) is 4.06. The van der Waals surface area contributed by atoms with Crippen LogP contribution in [0.15, 0.2) is 36.4 Å². The summed E-state index contributed by atoms with van der Waals surface area (Å²) in [5.41, 5.74) is 1.30. The van der Waals surface area contributed by atoms with Crippen LogP contribution in [0.2, 0.25) is 0 Å². The smallest absolute Gasteiger partial charge is 0.335 e. The highest BCUT2D eigenvalue weighted by molar-refractivity contribution is 5.98. The lowest BCUT2D eigenvalue weighted by molar-refractivity contribution is -0.135. The van der Waals surface area contributed by atoms with Gasteiger partial charge in [-0.1, -0.05) is 12.1 Å². The number of esters is 1. The zero-order valence-corrected chi connectivity index (χ0v) is 12.8. The van der Waals surface area contributed by atoms with E-state index in [1.54, 1.807) is 12.1 Å². The minimum Gasteiger partial charge on any atom is -0.507 e. The third kappa shape index (κ3) is 2.62. The molecule has 0 saturated carbocycles. The average molecular weight is 326 g/mol. The number of fused-ring (bicyclic) bond motifs is 1. The number of ether oxygens (including phenoxy) is 1. The van der Waals surface area contributed by atoms with Crippen LogP contribution in [0.4, 0.5) is 0 Å². The summed E-state index contributed by atoms with van der Waals surface area (Å²) in [4.78, 5) is 34.5. The second-order valence-electron chi connectivity index (χ2n) is 5.59. The molecular weight excluding hydrogens is 312 g/mol. The van der Waals surface area contributed by atoms with Crippen molar-refractivity contribution in [3.05, 3.63) is 58.7 Å². The highest BCUT2D eigenvalue weighted by Gasteiger charge is 2.32. The van der Waals surface area contributed by atoms with Gasteiger partial charge in [-0.15, -0.1) is 0 Å². The van der Waals surface area contributed by atoms with E-state index in [4.69, 9.17) is 9.84 Å². The Morgan fingerprint density at radius 3 is 2.38 bits per heavy atom. The fraction of sp³-hybridized carbons (Fsp3) is 0.167. The van der Waals surface area contributed by atoms with Crippen LogP contribution in [0.25, 0.3) is 0 Å². The van der Waals surface area contributed by atoms with Crippen molar-refractivity contribution in [1.82, 2.24) is 0 Å². The predicted molar refractivity (Wildman–Crippen MR) is 83.6 cm³/mol. The maximum atomic E-state index is 11.8. The number of carboxylic acids is 1. The van der Waals surface area contributed by atoms with Gasteiger partial charge in [-0.2, -0.15) is 0 Å². The van der Waals surface area contributed by atoms with Gasteiger partial charge in [0.05, 0.1) is 17.5 Å². The minimum atomic E-state index is -1.05. The Hall–Kier alpha value is -3.15. The van der Waals surface area contributed by atoms with Crippen molar-refractivity contribution < 1.29 is 29.3 Å². The van der Waals surface area contributed by atoms with Gasteiger partial charge in [-0.25, -0.2) is 4.79 Å². The fourth-order valence-corrected chi connectivity index (χ4v) is 2.87. The standard InChI is InChI=1S/C18H14O6/c1-9(19)12-6-7-14-16(17(12)21)13(8-15(20)24-14)10-2-4-11(5-3-10)18(22)23/h2-7,13,21H,8H2,1H3,(H,22,23). The van der Waals surface area contributed by atoms with E-state index in [0.717, 1.165) is 0 Å². The summed E-state index contributed by atoms with van der Waals surface area (Å²) < 4.78 is 5.16. The molecule has 0 fully saturated rings. The van der Waals surface area contributed by atoms with Gasteiger partial charge >= 0.3 is 11.9 Å². The van der Waals surface area contributed by atoms with E-state index in [9.17, 15) is 19.5 Å². The maximum Gasteiger partial charge on any atom is 0.335 e. The van der Waals surface area contributed by atoms with E-state index >= 15 is 0 Å². The van der Waals surface area contributed by atoms with Crippen LogP contribution in [-0.4, -0.2) is 27.9 Å². The number of rotatable bonds is 3. The van der Waals surface area contributed by atoms with Crippen molar-refractivity contribution in [3.8, 4) is 11.5 Å². The number of carbonyl (C=O) groups excluding carboxylic acids is 2. The summed E-state index contributed by atoms with van der Waals surface area (Å²) in [5, 5.41) is 19.4. The van der Waals surface area contributed by atoms with Crippen LogP contribution in [0.1, 0.15) is 51.1 Å². The maximum absolute atomic E-state index is 11.8. The Balaban J connectivity index is 2.13. The molecule has 3 rings (SSSR count). The van der Waals surface area contributed by atoms with Crippen molar-refractivity contribution in [2.45, 2.75) is 19.3 Å². The Morgan fingerprint density at radius 1 is 1.12 bits per heavy atom.